The van der Waals surface area contributed by atoms with E-state index in [1.807, 2.05) is 6.07 Å². The number of hydrogen-bond donors (Lipinski definition) is 1. The molecule has 0 saturated carbocycles. The molecule has 2 N–H and O–H groups in total. The van der Waals surface area contributed by atoms with Gasteiger partial charge in [0.25, 0.3) is 0 Å². The smallest absolute Gasteiger partial charge is 0.410 e. The first-order valence-corrected chi connectivity index (χ1v) is 6.39. The van der Waals surface area contributed by atoms with Crippen LogP contribution in [0.25, 0.3) is 0 Å². The van der Waals surface area contributed by atoms with Crippen molar-refractivity contribution in [2.75, 3.05) is 12.7 Å². The molecule has 0 bridgehead atoms. The number of nitrogens with two attached hydrogens (primary N) is 1. The standard InChI is InChI=1S/C15H22N2O2/c1-15(2,3)19-14(18)17(4)13-8-5-10-9-11(16)6-7-12(10)13/h6-7,9,13H,5,8,16H2,1-4H3/t13-/m1/s1/i4D3. The second-order valence-corrected chi connectivity index (χ2v) is 5.86. The van der Waals surface area contributed by atoms with Gasteiger partial charge in [0.1, 0.15) is 5.60 Å². The average Bonchev–Trinajstić information content (AvgIpc) is 2.67. The molecule has 1 aromatic carbocycles. The van der Waals surface area contributed by atoms with E-state index in [0.29, 0.717) is 18.5 Å². The van der Waals surface area contributed by atoms with Gasteiger partial charge in [0, 0.05) is 16.8 Å². The van der Waals surface area contributed by atoms with Gasteiger partial charge in [0.05, 0.1) is 6.04 Å². The van der Waals surface area contributed by atoms with E-state index in [1.165, 1.54) is 0 Å². The fourth-order valence-electron chi connectivity index (χ4n) is 2.32. The van der Waals surface area contributed by atoms with Crippen molar-refractivity contribution in [1.29, 1.82) is 0 Å². The summed E-state index contributed by atoms with van der Waals surface area (Å²) >= 11 is 0. The molecular formula is C15H22N2O2. The number of carbonyl (C=O) groups excluding carboxylic acids is 1. The van der Waals surface area contributed by atoms with Crippen LogP contribution in [-0.4, -0.2) is 23.6 Å². The Balaban J connectivity index is 2.35. The van der Waals surface area contributed by atoms with Gasteiger partial charge in [-0.1, -0.05) is 6.07 Å². The summed E-state index contributed by atoms with van der Waals surface area (Å²) < 4.78 is 28.4. The zero-order valence-corrected chi connectivity index (χ0v) is 11.6. The number of fused-ring (bicyclic) bond motifs is 1. The molecule has 4 heteroatoms. The highest BCUT2D eigenvalue weighted by Crippen LogP contribution is 2.36. The second-order valence-electron chi connectivity index (χ2n) is 5.86. The number of ether oxygens (including phenoxy) is 1. The topological polar surface area (TPSA) is 55.6 Å². The Morgan fingerprint density at radius 1 is 1.53 bits per heavy atom. The lowest BCUT2D eigenvalue weighted by atomic mass is 10.1. The maximum absolute atomic E-state index is 12.4. The molecule has 1 aliphatic rings. The minimum atomic E-state index is -2.56. The number of hydrogen-bond acceptors (Lipinski definition) is 3. The van der Waals surface area contributed by atoms with Gasteiger partial charge >= 0.3 is 6.09 Å². The monoisotopic (exact) mass is 265 g/mol. The van der Waals surface area contributed by atoms with E-state index in [4.69, 9.17) is 14.6 Å². The summed E-state index contributed by atoms with van der Waals surface area (Å²) in [5.74, 6) is 0. The first kappa shape index (κ1) is 10.1. The van der Waals surface area contributed by atoms with Crippen LogP contribution in [0.5, 0.6) is 0 Å². The summed E-state index contributed by atoms with van der Waals surface area (Å²) in [6.07, 6.45) is 0.429. The largest absolute Gasteiger partial charge is 0.444 e. The van der Waals surface area contributed by atoms with Gasteiger partial charge in [-0.2, -0.15) is 0 Å². The summed E-state index contributed by atoms with van der Waals surface area (Å²) in [5.41, 5.74) is 7.47. The third kappa shape index (κ3) is 3.00. The Morgan fingerprint density at radius 3 is 2.89 bits per heavy atom. The molecule has 0 fully saturated rings. The summed E-state index contributed by atoms with van der Waals surface area (Å²) in [6, 6.07) is 4.84. The fraction of sp³-hybridized carbons (Fsp3) is 0.533. The van der Waals surface area contributed by atoms with E-state index < -0.39 is 24.7 Å². The van der Waals surface area contributed by atoms with E-state index in [-0.39, 0.29) is 0 Å². The summed E-state index contributed by atoms with van der Waals surface area (Å²) in [7, 11) is 0. The molecule has 19 heavy (non-hydrogen) atoms. The van der Waals surface area contributed by atoms with E-state index in [2.05, 4.69) is 0 Å². The number of carbonyl (C=O) groups is 1. The Morgan fingerprint density at radius 2 is 2.26 bits per heavy atom. The van der Waals surface area contributed by atoms with E-state index >= 15 is 0 Å². The first-order chi connectivity index (χ1) is 9.99. The molecule has 0 saturated heterocycles. The molecular weight excluding hydrogens is 240 g/mol. The van der Waals surface area contributed by atoms with Crippen LogP contribution < -0.4 is 5.73 Å². The zero-order valence-electron chi connectivity index (χ0n) is 14.6. The quantitative estimate of drug-likeness (QED) is 0.794. The highest BCUT2D eigenvalue weighted by Gasteiger charge is 2.31. The Bertz CT molecular complexity index is 579. The zero-order chi connectivity index (χ0) is 16.7. The van der Waals surface area contributed by atoms with Crippen LogP contribution in [0.1, 0.15) is 48.5 Å². The highest BCUT2D eigenvalue weighted by atomic mass is 16.6. The van der Waals surface area contributed by atoms with E-state index in [9.17, 15) is 4.79 Å². The number of nitrogens with zero attached hydrogens (tertiary/aromatic N) is 1. The van der Waals surface area contributed by atoms with Crippen LogP contribution >= 0.6 is 0 Å². The van der Waals surface area contributed by atoms with Gasteiger partial charge in [-0.3, -0.25) is 0 Å². The molecule has 0 heterocycles. The molecule has 0 spiro atoms. The first-order valence-electron chi connectivity index (χ1n) is 7.89. The highest BCUT2D eigenvalue weighted by molar-refractivity contribution is 5.69. The molecule has 0 aliphatic heterocycles. The number of benzene rings is 1. The van der Waals surface area contributed by atoms with Crippen LogP contribution in [0.15, 0.2) is 18.2 Å². The Hall–Kier alpha value is -1.71. The fourth-order valence-corrected chi connectivity index (χ4v) is 2.32. The second kappa shape index (κ2) is 4.76. The maximum atomic E-state index is 12.4. The molecule has 104 valence electrons. The lowest BCUT2D eigenvalue weighted by molar-refractivity contribution is 0.0220. The lowest BCUT2D eigenvalue weighted by Crippen LogP contribution is -2.36. The molecule has 0 unspecified atom stereocenters. The van der Waals surface area contributed by atoms with Crippen molar-refractivity contribution in [3.05, 3.63) is 29.3 Å². The third-order valence-corrected chi connectivity index (χ3v) is 3.12. The van der Waals surface area contributed by atoms with Crippen LogP contribution in [0.4, 0.5) is 10.5 Å². The van der Waals surface area contributed by atoms with E-state index in [1.54, 1.807) is 32.9 Å². The summed E-state index contributed by atoms with van der Waals surface area (Å²) in [6.45, 7) is 2.58. The number of aryl methyl sites for hydroxylation is 1. The number of rotatable bonds is 1. The minimum Gasteiger partial charge on any atom is -0.444 e. The molecule has 2 rings (SSSR count). The van der Waals surface area contributed by atoms with Gasteiger partial charge in [-0.15, -0.1) is 0 Å². The van der Waals surface area contributed by atoms with Crippen molar-refractivity contribution >= 4 is 11.8 Å². The van der Waals surface area contributed by atoms with Crippen molar-refractivity contribution in [3.8, 4) is 0 Å². The van der Waals surface area contributed by atoms with Crippen molar-refractivity contribution < 1.29 is 13.6 Å². The number of amides is 1. The Kier molecular flexibility index (Phi) is 2.54. The average molecular weight is 265 g/mol. The number of nitrogen functional groups attached to an aromatic ring is 1. The molecule has 1 aromatic rings. The Labute approximate surface area is 118 Å². The summed E-state index contributed by atoms with van der Waals surface area (Å²) in [5, 5.41) is 0. The van der Waals surface area contributed by atoms with Crippen molar-refractivity contribution in [3.63, 3.8) is 0 Å². The van der Waals surface area contributed by atoms with Crippen LogP contribution in [0, 0.1) is 0 Å². The van der Waals surface area contributed by atoms with Crippen LogP contribution in [0.2, 0.25) is 0 Å². The normalized spacial score (nSPS) is 21.0. The molecule has 1 atom stereocenters. The molecule has 0 radical (unpaired) electrons. The number of anilines is 1. The maximum Gasteiger partial charge on any atom is 0.410 e. The molecule has 0 aromatic heterocycles. The third-order valence-electron chi connectivity index (χ3n) is 3.12. The van der Waals surface area contributed by atoms with Gasteiger partial charge in [0.15, 0.2) is 0 Å². The van der Waals surface area contributed by atoms with Crippen LogP contribution in [0.3, 0.4) is 0 Å². The van der Waals surface area contributed by atoms with Crippen molar-refractivity contribution in [2.45, 2.75) is 45.3 Å². The predicted molar refractivity (Wildman–Crippen MR) is 75.9 cm³/mol. The van der Waals surface area contributed by atoms with Gasteiger partial charge in [0.2, 0.25) is 0 Å². The molecule has 1 amide bonds. The van der Waals surface area contributed by atoms with Crippen LogP contribution in [-0.2, 0) is 11.2 Å². The molecule has 4 nitrogen and oxygen atoms in total. The van der Waals surface area contributed by atoms with Gasteiger partial charge in [-0.05, 0) is 56.9 Å². The SMILES string of the molecule is [2H]C([2H])([2H])N(C(=O)OC(C)(C)C)[C@@H]1CCc2cc(N)ccc21. The molecule has 1 aliphatic carbocycles. The minimum absolute atomic E-state index is 0.516. The summed E-state index contributed by atoms with van der Waals surface area (Å²) in [4.78, 5) is 13.3. The lowest BCUT2D eigenvalue weighted by Gasteiger charge is -2.29. The predicted octanol–water partition coefficient (Wildman–Crippen LogP) is 3.12. The van der Waals surface area contributed by atoms with Crippen molar-refractivity contribution in [2.24, 2.45) is 0 Å². The van der Waals surface area contributed by atoms with Crippen molar-refractivity contribution in [1.82, 2.24) is 4.90 Å². The van der Waals surface area contributed by atoms with Gasteiger partial charge < -0.3 is 15.4 Å². The van der Waals surface area contributed by atoms with Gasteiger partial charge in [-0.25, -0.2) is 4.79 Å². The van der Waals surface area contributed by atoms with E-state index in [0.717, 1.165) is 16.0 Å².